The van der Waals surface area contributed by atoms with Crippen molar-refractivity contribution in [3.05, 3.63) is 16.4 Å². The Kier molecular flexibility index (Phi) is 4.98. The number of halogens is 1. The van der Waals surface area contributed by atoms with Crippen LogP contribution in [0.3, 0.4) is 0 Å². The highest BCUT2D eigenvalue weighted by Gasteiger charge is 2.17. The van der Waals surface area contributed by atoms with E-state index >= 15 is 0 Å². The van der Waals surface area contributed by atoms with Gasteiger partial charge in [0.2, 0.25) is 0 Å². The highest BCUT2D eigenvalue weighted by molar-refractivity contribution is 6.31. The Labute approximate surface area is 108 Å². The van der Waals surface area contributed by atoms with Crippen LogP contribution in [-0.4, -0.2) is 27.8 Å². The molecule has 0 amide bonds. The van der Waals surface area contributed by atoms with Gasteiger partial charge in [0, 0.05) is 13.1 Å². The molecule has 1 heterocycles. The van der Waals surface area contributed by atoms with Crippen molar-refractivity contribution in [2.24, 2.45) is 0 Å². The largest absolute Gasteiger partial charge is 0.285 e. The van der Waals surface area contributed by atoms with Gasteiger partial charge in [0.15, 0.2) is 0 Å². The molecule has 1 atom stereocenters. The average Bonchev–Trinajstić information content (AvgIpc) is 2.65. The molecule has 0 spiro atoms. The first-order valence-electron chi connectivity index (χ1n) is 5.89. The van der Waals surface area contributed by atoms with Crippen molar-refractivity contribution in [1.82, 2.24) is 14.7 Å². The van der Waals surface area contributed by atoms with Crippen molar-refractivity contribution in [3.63, 3.8) is 0 Å². The summed E-state index contributed by atoms with van der Waals surface area (Å²) in [4.78, 5) is 1.97. The van der Waals surface area contributed by atoms with E-state index in [0.29, 0.717) is 6.54 Å². The van der Waals surface area contributed by atoms with Crippen LogP contribution >= 0.6 is 11.6 Å². The van der Waals surface area contributed by atoms with Crippen LogP contribution in [0.4, 0.5) is 0 Å². The zero-order chi connectivity index (χ0) is 13.0. The average molecular weight is 255 g/mol. The fourth-order valence-corrected chi connectivity index (χ4v) is 1.97. The van der Waals surface area contributed by atoms with E-state index in [1.165, 1.54) is 0 Å². The lowest BCUT2D eigenvalue weighted by atomic mass is 10.2. The van der Waals surface area contributed by atoms with Gasteiger partial charge in [-0.25, -0.2) is 0 Å². The lowest BCUT2D eigenvalue weighted by molar-refractivity contribution is 0.284. The summed E-state index contributed by atoms with van der Waals surface area (Å²) >= 11 is 6.31. The van der Waals surface area contributed by atoms with Crippen LogP contribution in [0.1, 0.15) is 32.2 Å². The first kappa shape index (κ1) is 14.0. The minimum absolute atomic E-state index is 0.128. The molecular formula is C12H19ClN4. The summed E-state index contributed by atoms with van der Waals surface area (Å²) in [6, 6.07) is 2.09. The molecule has 0 aliphatic carbocycles. The number of rotatable bonds is 5. The molecule has 0 bridgehead atoms. The second-order valence-electron chi connectivity index (χ2n) is 4.10. The Morgan fingerprint density at radius 1 is 1.53 bits per heavy atom. The van der Waals surface area contributed by atoms with Gasteiger partial charge < -0.3 is 0 Å². The van der Waals surface area contributed by atoms with E-state index in [1.54, 1.807) is 0 Å². The lowest BCUT2D eigenvalue weighted by Gasteiger charge is -2.19. The summed E-state index contributed by atoms with van der Waals surface area (Å²) in [5.74, 6) is 0. The molecule has 0 saturated heterocycles. The molecule has 17 heavy (non-hydrogen) atoms. The monoisotopic (exact) mass is 254 g/mol. The van der Waals surface area contributed by atoms with Gasteiger partial charge in [-0.15, -0.1) is 0 Å². The van der Waals surface area contributed by atoms with Crippen molar-refractivity contribution in [3.8, 4) is 6.07 Å². The predicted molar refractivity (Wildman–Crippen MR) is 68.8 cm³/mol. The van der Waals surface area contributed by atoms with E-state index < -0.39 is 0 Å². The van der Waals surface area contributed by atoms with E-state index in [-0.39, 0.29) is 6.04 Å². The Hall–Kier alpha value is -1.05. The number of aryl methyl sites for hydroxylation is 2. The summed E-state index contributed by atoms with van der Waals surface area (Å²) in [5, 5.41) is 14.1. The summed E-state index contributed by atoms with van der Waals surface area (Å²) < 4.78 is 1.92. The van der Waals surface area contributed by atoms with Crippen LogP contribution < -0.4 is 0 Å². The normalized spacial score (nSPS) is 12.8. The molecule has 0 fully saturated rings. The number of nitrogens with zero attached hydrogens (tertiary/aromatic N) is 4. The lowest BCUT2D eigenvalue weighted by Crippen LogP contribution is -2.28. The van der Waals surface area contributed by atoms with Gasteiger partial charge in [-0.05, 0) is 27.3 Å². The van der Waals surface area contributed by atoms with Crippen molar-refractivity contribution in [1.29, 1.82) is 5.26 Å². The molecule has 1 unspecified atom stereocenters. The van der Waals surface area contributed by atoms with E-state index in [9.17, 15) is 0 Å². The fraction of sp³-hybridized carbons (Fsp3) is 0.667. The minimum Gasteiger partial charge on any atom is -0.285 e. The first-order valence-corrected chi connectivity index (χ1v) is 6.26. The maximum absolute atomic E-state index is 8.88. The van der Waals surface area contributed by atoms with Crippen LogP contribution in [0.2, 0.25) is 5.02 Å². The maximum atomic E-state index is 8.88. The fourth-order valence-electron chi connectivity index (χ4n) is 1.64. The second kappa shape index (κ2) is 6.04. The van der Waals surface area contributed by atoms with Gasteiger partial charge >= 0.3 is 0 Å². The molecule has 0 N–H and O–H groups in total. The highest BCUT2D eigenvalue weighted by Crippen LogP contribution is 2.23. The number of aromatic nitrogens is 2. The third-order valence-electron chi connectivity index (χ3n) is 2.94. The van der Waals surface area contributed by atoms with Crippen molar-refractivity contribution < 1.29 is 0 Å². The Morgan fingerprint density at radius 2 is 2.18 bits per heavy atom. The Morgan fingerprint density at radius 3 is 2.65 bits per heavy atom. The zero-order valence-electron chi connectivity index (χ0n) is 10.9. The number of hydrogen-bond acceptors (Lipinski definition) is 3. The standard InChI is InChI=1S/C12H19ClN4/c1-5-10-12(13)11(17(6-2)15-10)8-16(4)9(3)7-14/h9H,5-6,8H2,1-4H3. The third kappa shape index (κ3) is 2.99. The van der Waals surface area contributed by atoms with Gasteiger partial charge in [0.25, 0.3) is 0 Å². The molecule has 94 valence electrons. The van der Waals surface area contributed by atoms with Crippen molar-refractivity contribution in [2.45, 2.75) is 46.3 Å². The molecular weight excluding hydrogens is 236 g/mol. The van der Waals surface area contributed by atoms with Crippen LogP contribution in [0.25, 0.3) is 0 Å². The molecule has 1 aromatic rings. The highest BCUT2D eigenvalue weighted by atomic mass is 35.5. The van der Waals surface area contributed by atoms with Gasteiger partial charge in [0.1, 0.15) is 0 Å². The third-order valence-corrected chi connectivity index (χ3v) is 3.38. The molecule has 0 aliphatic rings. The summed E-state index contributed by atoms with van der Waals surface area (Å²) in [6.07, 6.45) is 0.830. The Bertz CT molecular complexity index is 419. The van der Waals surface area contributed by atoms with E-state index in [2.05, 4.69) is 11.2 Å². The van der Waals surface area contributed by atoms with E-state index in [1.807, 2.05) is 37.4 Å². The SMILES string of the molecule is CCc1nn(CC)c(CN(C)C(C)C#N)c1Cl. The molecule has 0 aromatic carbocycles. The van der Waals surface area contributed by atoms with Gasteiger partial charge in [-0.2, -0.15) is 10.4 Å². The van der Waals surface area contributed by atoms with Crippen LogP contribution in [0.15, 0.2) is 0 Å². The maximum Gasteiger partial charge on any atom is 0.0950 e. The molecule has 1 aromatic heterocycles. The van der Waals surface area contributed by atoms with Crippen molar-refractivity contribution in [2.75, 3.05) is 7.05 Å². The van der Waals surface area contributed by atoms with Gasteiger partial charge in [-0.1, -0.05) is 18.5 Å². The van der Waals surface area contributed by atoms with E-state index in [4.69, 9.17) is 16.9 Å². The van der Waals surface area contributed by atoms with Crippen LogP contribution in [-0.2, 0) is 19.5 Å². The summed E-state index contributed by atoms with van der Waals surface area (Å²) in [6.45, 7) is 7.40. The predicted octanol–water partition coefficient (Wildman–Crippen LogP) is 2.46. The minimum atomic E-state index is -0.128. The van der Waals surface area contributed by atoms with Gasteiger partial charge in [-0.3, -0.25) is 9.58 Å². The molecule has 1 rings (SSSR count). The van der Waals surface area contributed by atoms with E-state index in [0.717, 1.165) is 29.4 Å². The van der Waals surface area contributed by atoms with Gasteiger partial charge in [0.05, 0.1) is 28.5 Å². The molecule has 0 radical (unpaired) electrons. The number of nitriles is 1. The molecule has 5 heteroatoms. The molecule has 0 saturated carbocycles. The Balaban J connectivity index is 2.97. The second-order valence-corrected chi connectivity index (χ2v) is 4.47. The summed E-state index contributed by atoms with van der Waals surface area (Å²) in [7, 11) is 1.92. The van der Waals surface area contributed by atoms with Crippen LogP contribution in [0.5, 0.6) is 0 Å². The zero-order valence-corrected chi connectivity index (χ0v) is 11.6. The number of hydrogen-bond donors (Lipinski definition) is 0. The first-order chi connectivity index (χ1) is 8.04. The molecule has 0 aliphatic heterocycles. The topological polar surface area (TPSA) is 44.9 Å². The molecule has 4 nitrogen and oxygen atoms in total. The summed E-state index contributed by atoms with van der Waals surface area (Å²) in [5.41, 5.74) is 1.93. The smallest absolute Gasteiger partial charge is 0.0950 e. The van der Waals surface area contributed by atoms with Crippen molar-refractivity contribution >= 4 is 11.6 Å². The quantitative estimate of drug-likeness (QED) is 0.811. The van der Waals surface area contributed by atoms with Crippen LogP contribution in [0, 0.1) is 11.3 Å².